The van der Waals surface area contributed by atoms with Crippen molar-refractivity contribution >= 4 is 23.1 Å². The Hall–Kier alpha value is -3.03. The van der Waals surface area contributed by atoms with Gasteiger partial charge in [0, 0.05) is 31.3 Å². The first-order valence-electron chi connectivity index (χ1n) is 8.18. The van der Waals surface area contributed by atoms with Gasteiger partial charge in [-0.25, -0.2) is 9.97 Å². The Morgan fingerprint density at radius 3 is 2.68 bits per heavy atom. The predicted molar refractivity (Wildman–Crippen MR) is 93.9 cm³/mol. The number of nitrogens with one attached hydrogen (secondary N) is 1. The fourth-order valence-corrected chi connectivity index (χ4v) is 2.81. The molecule has 2 aromatic rings. The third-order valence-corrected chi connectivity index (χ3v) is 4.25. The van der Waals surface area contributed by atoms with Crippen LogP contribution in [0.3, 0.4) is 0 Å². The lowest BCUT2D eigenvalue weighted by molar-refractivity contribution is -0.384. The van der Waals surface area contributed by atoms with Crippen molar-refractivity contribution in [3.63, 3.8) is 0 Å². The molecule has 1 aliphatic heterocycles. The largest absolute Gasteiger partial charge is 0.357 e. The highest BCUT2D eigenvalue weighted by Crippen LogP contribution is 2.23. The maximum Gasteiger partial charge on any atom is 0.274 e. The maximum atomic E-state index is 12.5. The number of nitro benzene ring substituents is 1. The number of carbonyl (C=O) groups is 1. The zero-order valence-corrected chi connectivity index (χ0v) is 13.9. The number of benzene rings is 1. The van der Waals surface area contributed by atoms with Crippen molar-refractivity contribution in [3.8, 4) is 0 Å². The van der Waals surface area contributed by atoms with Crippen molar-refractivity contribution in [1.82, 2.24) is 9.97 Å². The minimum Gasteiger partial charge on any atom is -0.357 e. The second-order valence-electron chi connectivity index (χ2n) is 6.02. The lowest BCUT2D eigenvalue weighted by Crippen LogP contribution is -2.30. The Kier molecular flexibility index (Phi) is 4.87. The summed E-state index contributed by atoms with van der Waals surface area (Å²) in [6, 6.07) is 6.02. The van der Waals surface area contributed by atoms with Gasteiger partial charge in [-0.2, -0.15) is 0 Å². The van der Waals surface area contributed by atoms with Crippen LogP contribution < -0.4 is 10.2 Å². The summed E-state index contributed by atoms with van der Waals surface area (Å²) in [5.74, 6) is 0.319. The van der Waals surface area contributed by atoms with Gasteiger partial charge in [0.15, 0.2) is 0 Å². The molecule has 0 atom stereocenters. The number of hydrogen-bond acceptors (Lipinski definition) is 6. The first kappa shape index (κ1) is 16.8. The molecule has 1 N–H and O–H groups in total. The number of amides is 1. The maximum absolute atomic E-state index is 12.5. The summed E-state index contributed by atoms with van der Waals surface area (Å²) in [7, 11) is 0. The van der Waals surface area contributed by atoms with Crippen molar-refractivity contribution < 1.29 is 9.72 Å². The molecule has 0 aliphatic carbocycles. The topological polar surface area (TPSA) is 101 Å². The van der Waals surface area contributed by atoms with Crippen LogP contribution in [0.25, 0.3) is 0 Å². The summed E-state index contributed by atoms with van der Waals surface area (Å²) < 4.78 is 0. The van der Waals surface area contributed by atoms with E-state index in [1.54, 1.807) is 19.1 Å². The smallest absolute Gasteiger partial charge is 0.274 e. The molecule has 8 heteroatoms. The second-order valence-corrected chi connectivity index (χ2v) is 6.02. The van der Waals surface area contributed by atoms with Gasteiger partial charge in [-0.3, -0.25) is 14.9 Å². The van der Waals surface area contributed by atoms with E-state index in [9.17, 15) is 14.9 Å². The average molecular weight is 341 g/mol. The number of rotatable bonds is 4. The van der Waals surface area contributed by atoms with E-state index in [4.69, 9.17) is 0 Å². The molecule has 1 amide bonds. The Balaban J connectivity index is 1.79. The highest BCUT2D eigenvalue weighted by Gasteiger charge is 2.17. The van der Waals surface area contributed by atoms with E-state index in [0.29, 0.717) is 5.69 Å². The van der Waals surface area contributed by atoms with Gasteiger partial charge in [0.1, 0.15) is 17.8 Å². The fraction of sp³-hybridized carbons (Fsp3) is 0.353. The van der Waals surface area contributed by atoms with Gasteiger partial charge in [0.05, 0.1) is 10.6 Å². The molecule has 1 saturated heterocycles. The van der Waals surface area contributed by atoms with E-state index in [2.05, 4.69) is 20.2 Å². The van der Waals surface area contributed by atoms with Crippen LogP contribution in [0.1, 0.15) is 35.3 Å². The van der Waals surface area contributed by atoms with Crippen LogP contribution in [-0.4, -0.2) is 33.9 Å². The van der Waals surface area contributed by atoms with E-state index < -0.39 is 10.8 Å². The van der Waals surface area contributed by atoms with Gasteiger partial charge in [0.2, 0.25) is 0 Å². The Bertz CT molecular complexity index is 803. The van der Waals surface area contributed by atoms with E-state index in [1.165, 1.54) is 24.9 Å². The quantitative estimate of drug-likeness (QED) is 0.678. The molecule has 0 saturated carbocycles. The zero-order chi connectivity index (χ0) is 17.8. The summed E-state index contributed by atoms with van der Waals surface area (Å²) in [4.78, 5) is 33.3. The number of piperidine rings is 1. The molecule has 130 valence electrons. The SMILES string of the molecule is Cc1ccc([N+](=O)[O-])cc1NC(=O)c1cc(N2CCCCC2)ncn1. The minimum atomic E-state index is -0.492. The Morgan fingerprint density at radius 1 is 1.20 bits per heavy atom. The summed E-state index contributed by atoms with van der Waals surface area (Å²) in [6.07, 6.45) is 4.80. The van der Waals surface area contributed by atoms with Gasteiger partial charge in [-0.15, -0.1) is 0 Å². The molecule has 25 heavy (non-hydrogen) atoms. The molecule has 0 bridgehead atoms. The van der Waals surface area contributed by atoms with E-state index >= 15 is 0 Å². The van der Waals surface area contributed by atoms with Crippen LogP contribution >= 0.6 is 0 Å². The lowest BCUT2D eigenvalue weighted by Gasteiger charge is -2.27. The molecule has 1 aromatic heterocycles. The van der Waals surface area contributed by atoms with Crippen molar-refractivity contribution in [1.29, 1.82) is 0 Å². The van der Waals surface area contributed by atoms with Crippen molar-refractivity contribution in [2.45, 2.75) is 26.2 Å². The third kappa shape index (κ3) is 3.90. The van der Waals surface area contributed by atoms with Gasteiger partial charge < -0.3 is 10.2 Å². The number of hydrogen-bond donors (Lipinski definition) is 1. The standard InChI is InChI=1S/C17H19N5O3/c1-12-5-6-13(22(24)25)9-14(12)20-17(23)15-10-16(19-11-18-15)21-7-3-2-4-8-21/h5-6,9-11H,2-4,7-8H2,1H3,(H,20,23). The third-order valence-electron chi connectivity index (χ3n) is 4.25. The van der Waals surface area contributed by atoms with E-state index in [1.807, 2.05) is 0 Å². The van der Waals surface area contributed by atoms with Crippen molar-refractivity contribution in [3.05, 3.63) is 52.0 Å². The average Bonchev–Trinajstić information content (AvgIpc) is 2.64. The molecule has 3 rings (SSSR count). The molecule has 0 unspecified atom stereocenters. The van der Waals surface area contributed by atoms with Crippen LogP contribution in [0.4, 0.5) is 17.2 Å². The van der Waals surface area contributed by atoms with Crippen LogP contribution in [-0.2, 0) is 0 Å². The number of aromatic nitrogens is 2. The van der Waals surface area contributed by atoms with Gasteiger partial charge >= 0.3 is 0 Å². The fourth-order valence-electron chi connectivity index (χ4n) is 2.81. The molecular formula is C17H19N5O3. The summed E-state index contributed by atoms with van der Waals surface area (Å²) in [5, 5.41) is 13.6. The van der Waals surface area contributed by atoms with Crippen molar-refractivity contribution in [2.75, 3.05) is 23.3 Å². The first-order valence-corrected chi connectivity index (χ1v) is 8.18. The minimum absolute atomic E-state index is 0.0717. The number of nitrogens with zero attached hydrogens (tertiary/aromatic N) is 4. The Labute approximate surface area is 145 Å². The van der Waals surface area contributed by atoms with Crippen LogP contribution in [0.2, 0.25) is 0 Å². The normalized spacial score (nSPS) is 14.2. The highest BCUT2D eigenvalue weighted by atomic mass is 16.6. The molecule has 0 radical (unpaired) electrons. The number of non-ortho nitro benzene ring substituents is 1. The monoisotopic (exact) mass is 341 g/mol. The van der Waals surface area contributed by atoms with E-state index in [0.717, 1.165) is 37.3 Å². The lowest BCUT2D eigenvalue weighted by atomic mass is 10.1. The molecule has 1 fully saturated rings. The van der Waals surface area contributed by atoms with Gasteiger partial charge in [-0.05, 0) is 31.7 Å². The summed E-state index contributed by atoms with van der Waals surface area (Å²) in [6.45, 7) is 3.61. The predicted octanol–water partition coefficient (Wildman–Crippen LogP) is 2.94. The number of anilines is 2. The number of aryl methyl sites for hydroxylation is 1. The molecule has 8 nitrogen and oxygen atoms in total. The van der Waals surface area contributed by atoms with Crippen molar-refractivity contribution in [2.24, 2.45) is 0 Å². The molecular weight excluding hydrogens is 322 g/mol. The van der Waals surface area contributed by atoms with Crippen LogP contribution in [0.5, 0.6) is 0 Å². The van der Waals surface area contributed by atoms with E-state index in [-0.39, 0.29) is 11.4 Å². The molecule has 0 spiro atoms. The van der Waals surface area contributed by atoms with Gasteiger partial charge in [0.25, 0.3) is 11.6 Å². The molecule has 2 heterocycles. The Morgan fingerprint density at radius 2 is 1.96 bits per heavy atom. The summed E-state index contributed by atoms with van der Waals surface area (Å²) >= 11 is 0. The second kappa shape index (κ2) is 7.25. The zero-order valence-electron chi connectivity index (χ0n) is 13.9. The highest BCUT2D eigenvalue weighted by molar-refractivity contribution is 6.03. The molecule has 1 aliphatic rings. The van der Waals surface area contributed by atoms with Crippen LogP contribution in [0, 0.1) is 17.0 Å². The summed E-state index contributed by atoms with van der Waals surface area (Å²) in [5.41, 5.74) is 1.31. The van der Waals surface area contributed by atoms with Crippen LogP contribution in [0.15, 0.2) is 30.6 Å². The molecule has 1 aromatic carbocycles. The number of carbonyl (C=O) groups excluding carboxylic acids is 1. The van der Waals surface area contributed by atoms with Gasteiger partial charge in [-0.1, -0.05) is 6.07 Å². The number of nitro groups is 1. The first-order chi connectivity index (χ1) is 12.0.